The van der Waals surface area contributed by atoms with Crippen molar-refractivity contribution in [3.8, 4) is 0 Å². The van der Waals surface area contributed by atoms with E-state index in [-0.39, 0.29) is 5.54 Å². The summed E-state index contributed by atoms with van der Waals surface area (Å²) in [5.41, 5.74) is 3.94. The van der Waals surface area contributed by atoms with Crippen LogP contribution in [0.5, 0.6) is 0 Å². The first-order valence-corrected chi connectivity index (χ1v) is 4.60. The van der Waals surface area contributed by atoms with E-state index >= 15 is 0 Å². The molecule has 0 aromatic rings. The van der Waals surface area contributed by atoms with Crippen LogP contribution < -0.4 is 5.43 Å². The first kappa shape index (κ1) is 11.9. The summed E-state index contributed by atoms with van der Waals surface area (Å²) >= 11 is 0. The Hall–Kier alpha value is -0.0800. The van der Waals surface area contributed by atoms with Crippen molar-refractivity contribution in [2.75, 3.05) is 13.6 Å². The van der Waals surface area contributed by atoms with Gasteiger partial charge in [-0.05, 0) is 26.2 Å². The molecule has 74 valence electrons. The van der Waals surface area contributed by atoms with Gasteiger partial charge in [-0.15, -0.1) is 0 Å². The minimum absolute atomic E-state index is 0.200. The molecule has 0 unspecified atom stereocenters. The van der Waals surface area contributed by atoms with Crippen molar-refractivity contribution in [2.24, 2.45) is 5.41 Å². The molecule has 1 N–H and O–H groups in total. The first-order chi connectivity index (χ1) is 5.13. The van der Waals surface area contributed by atoms with Crippen LogP contribution in [0.25, 0.3) is 0 Å². The smallest absolute Gasteiger partial charge is 0.0266 e. The van der Waals surface area contributed by atoms with Crippen LogP contribution in [0.3, 0.4) is 0 Å². The second-order valence-electron chi connectivity index (χ2n) is 5.63. The Bertz CT molecular complexity index is 128. The summed E-state index contributed by atoms with van der Waals surface area (Å²) in [6, 6.07) is 0. The van der Waals surface area contributed by atoms with Gasteiger partial charge in [-0.25, -0.2) is 5.01 Å². The van der Waals surface area contributed by atoms with E-state index in [1.54, 1.807) is 0 Å². The lowest BCUT2D eigenvalue weighted by atomic mass is 9.97. The fourth-order valence-electron chi connectivity index (χ4n) is 0.593. The van der Waals surface area contributed by atoms with Gasteiger partial charge in [-0.3, -0.25) is 5.43 Å². The SMILES string of the molecule is CN(NCC(C)(C)C)C(C)(C)C. The van der Waals surface area contributed by atoms with Gasteiger partial charge in [-0.2, -0.15) is 0 Å². The third-order valence-electron chi connectivity index (χ3n) is 1.85. The number of nitrogens with zero attached hydrogens (tertiary/aromatic N) is 1. The molecule has 0 atom stereocenters. The molecule has 0 saturated carbocycles. The molecule has 2 nitrogen and oxygen atoms in total. The van der Waals surface area contributed by atoms with Crippen molar-refractivity contribution in [1.82, 2.24) is 10.4 Å². The third kappa shape index (κ3) is 5.56. The average molecular weight is 172 g/mol. The van der Waals surface area contributed by atoms with E-state index in [0.717, 1.165) is 6.54 Å². The normalized spacial score (nSPS) is 14.0. The minimum Gasteiger partial charge on any atom is -0.254 e. The standard InChI is InChI=1S/C10H24N2/c1-9(2,3)8-11-12(7)10(4,5)6/h11H,8H2,1-7H3. The molecule has 0 aliphatic carbocycles. The Labute approximate surface area is 77.3 Å². The van der Waals surface area contributed by atoms with Gasteiger partial charge < -0.3 is 0 Å². The molecule has 0 spiro atoms. The Balaban J connectivity index is 3.80. The fourth-order valence-corrected chi connectivity index (χ4v) is 0.593. The Morgan fingerprint density at radius 3 is 1.67 bits per heavy atom. The molecule has 0 bridgehead atoms. The molecule has 0 aliphatic heterocycles. The zero-order valence-corrected chi connectivity index (χ0v) is 9.65. The lowest BCUT2D eigenvalue weighted by Crippen LogP contribution is -2.49. The highest BCUT2D eigenvalue weighted by molar-refractivity contribution is 4.71. The predicted molar refractivity (Wildman–Crippen MR) is 55.0 cm³/mol. The van der Waals surface area contributed by atoms with Gasteiger partial charge in [0.15, 0.2) is 0 Å². The number of hydrazine groups is 1. The monoisotopic (exact) mass is 172 g/mol. The van der Waals surface area contributed by atoms with Gasteiger partial charge in [0.25, 0.3) is 0 Å². The van der Waals surface area contributed by atoms with E-state index in [2.05, 4.69) is 59.0 Å². The maximum Gasteiger partial charge on any atom is 0.0266 e. The Kier molecular flexibility index (Phi) is 3.73. The van der Waals surface area contributed by atoms with Crippen LogP contribution in [-0.2, 0) is 0 Å². The third-order valence-corrected chi connectivity index (χ3v) is 1.85. The van der Waals surface area contributed by atoms with E-state index in [4.69, 9.17) is 0 Å². The number of hydrogen-bond donors (Lipinski definition) is 1. The van der Waals surface area contributed by atoms with Crippen LogP contribution in [0, 0.1) is 5.41 Å². The average Bonchev–Trinajstić information content (AvgIpc) is 1.78. The number of nitrogens with one attached hydrogen (secondary N) is 1. The van der Waals surface area contributed by atoms with Gasteiger partial charge in [0.05, 0.1) is 0 Å². The van der Waals surface area contributed by atoms with E-state index < -0.39 is 0 Å². The predicted octanol–water partition coefficient (Wildman–Crippen LogP) is 2.27. The quantitative estimate of drug-likeness (QED) is 0.643. The van der Waals surface area contributed by atoms with Crippen LogP contribution in [0.15, 0.2) is 0 Å². The van der Waals surface area contributed by atoms with Gasteiger partial charge in [-0.1, -0.05) is 20.8 Å². The molecule has 0 fully saturated rings. The topological polar surface area (TPSA) is 15.3 Å². The summed E-state index contributed by atoms with van der Waals surface area (Å²) in [5.74, 6) is 0. The maximum atomic E-state index is 3.40. The summed E-state index contributed by atoms with van der Waals surface area (Å²) < 4.78 is 0. The molecule has 0 aromatic heterocycles. The van der Waals surface area contributed by atoms with Crippen LogP contribution in [-0.4, -0.2) is 24.1 Å². The first-order valence-electron chi connectivity index (χ1n) is 4.60. The summed E-state index contributed by atoms with van der Waals surface area (Å²) in [7, 11) is 2.09. The molecule has 0 aromatic carbocycles. The molecular formula is C10H24N2. The summed E-state index contributed by atoms with van der Waals surface area (Å²) in [6.45, 7) is 14.3. The van der Waals surface area contributed by atoms with E-state index in [0.29, 0.717) is 5.41 Å². The van der Waals surface area contributed by atoms with Gasteiger partial charge in [0, 0.05) is 19.1 Å². The van der Waals surface area contributed by atoms with Crippen molar-refractivity contribution in [2.45, 2.75) is 47.1 Å². The van der Waals surface area contributed by atoms with E-state index in [9.17, 15) is 0 Å². The molecule has 0 amide bonds. The maximum absolute atomic E-state index is 3.40. The Morgan fingerprint density at radius 2 is 1.42 bits per heavy atom. The van der Waals surface area contributed by atoms with Gasteiger partial charge in [0.1, 0.15) is 0 Å². The molecule has 0 saturated heterocycles. The van der Waals surface area contributed by atoms with Crippen molar-refractivity contribution in [3.63, 3.8) is 0 Å². The zero-order valence-electron chi connectivity index (χ0n) is 9.65. The lowest BCUT2D eigenvalue weighted by Gasteiger charge is -2.34. The molecule has 2 heteroatoms. The van der Waals surface area contributed by atoms with Crippen molar-refractivity contribution in [1.29, 1.82) is 0 Å². The fraction of sp³-hybridized carbons (Fsp3) is 1.00. The van der Waals surface area contributed by atoms with E-state index in [1.807, 2.05) is 0 Å². The highest BCUT2D eigenvalue weighted by Gasteiger charge is 2.18. The largest absolute Gasteiger partial charge is 0.254 e. The summed E-state index contributed by atoms with van der Waals surface area (Å²) in [6.07, 6.45) is 0. The molecule has 0 heterocycles. The van der Waals surface area contributed by atoms with Crippen molar-refractivity contribution >= 4 is 0 Å². The Morgan fingerprint density at radius 1 is 1.00 bits per heavy atom. The molecule has 0 radical (unpaired) electrons. The molecule has 0 rings (SSSR count). The summed E-state index contributed by atoms with van der Waals surface area (Å²) in [5, 5.41) is 2.16. The number of rotatable bonds is 2. The highest BCUT2D eigenvalue weighted by atomic mass is 15.5. The molecule has 0 aliphatic rings. The number of hydrogen-bond acceptors (Lipinski definition) is 2. The van der Waals surface area contributed by atoms with Crippen LogP contribution in [0.1, 0.15) is 41.5 Å². The lowest BCUT2D eigenvalue weighted by molar-refractivity contribution is 0.0902. The van der Waals surface area contributed by atoms with Gasteiger partial charge in [0.2, 0.25) is 0 Å². The second-order valence-corrected chi connectivity index (χ2v) is 5.63. The highest BCUT2D eigenvalue weighted by Crippen LogP contribution is 2.13. The van der Waals surface area contributed by atoms with E-state index in [1.165, 1.54) is 0 Å². The van der Waals surface area contributed by atoms with Crippen LogP contribution in [0.2, 0.25) is 0 Å². The van der Waals surface area contributed by atoms with Crippen LogP contribution >= 0.6 is 0 Å². The van der Waals surface area contributed by atoms with Crippen LogP contribution in [0.4, 0.5) is 0 Å². The second kappa shape index (κ2) is 3.75. The minimum atomic E-state index is 0.200. The van der Waals surface area contributed by atoms with Crippen molar-refractivity contribution < 1.29 is 0 Å². The van der Waals surface area contributed by atoms with Crippen molar-refractivity contribution in [3.05, 3.63) is 0 Å². The summed E-state index contributed by atoms with van der Waals surface area (Å²) in [4.78, 5) is 0. The van der Waals surface area contributed by atoms with Gasteiger partial charge >= 0.3 is 0 Å². The molecule has 12 heavy (non-hydrogen) atoms. The zero-order chi connectivity index (χ0) is 9.99. The molecular weight excluding hydrogens is 148 g/mol.